The van der Waals surface area contributed by atoms with Gasteiger partial charge in [0.2, 0.25) is 5.91 Å². The summed E-state index contributed by atoms with van der Waals surface area (Å²) in [7, 11) is 2.01. The maximum atomic E-state index is 13.8. The first kappa shape index (κ1) is 22.1. The Labute approximate surface area is 194 Å². The monoisotopic (exact) mass is 451 g/mol. The van der Waals surface area contributed by atoms with Crippen molar-refractivity contribution in [1.82, 2.24) is 24.7 Å². The molecule has 176 valence electrons. The van der Waals surface area contributed by atoms with Crippen LogP contribution in [0.2, 0.25) is 0 Å². The minimum atomic E-state index is -0.549. The molecule has 3 aliphatic rings. The summed E-state index contributed by atoms with van der Waals surface area (Å²) in [5.74, 6) is 0.668. The van der Waals surface area contributed by atoms with E-state index in [4.69, 9.17) is 4.74 Å². The summed E-state index contributed by atoms with van der Waals surface area (Å²) >= 11 is 0. The summed E-state index contributed by atoms with van der Waals surface area (Å²) in [6.07, 6.45) is 5.27. The fourth-order valence-corrected chi connectivity index (χ4v) is 5.82. The van der Waals surface area contributed by atoms with E-state index in [1.54, 1.807) is 0 Å². The molecule has 1 unspecified atom stereocenters. The van der Waals surface area contributed by atoms with E-state index in [-0.39, 0.29) is 23.9 Å². The number of rotatable bonds is 5. The lowest BCUT2D eigenvalue weighted by molar-refractivity contribution is -0.132. The molecule has 2 aromatic rings. The number of carbonyl (C=O) groups is 2. The number of nitrogens with zero attached hydrogens (tertiary/aromatic N) is 4. The molecule has 5 rings (SSSR count). The van der Waals surface area contributed by atoms with Gasteiger partial charge in [-0.2, -0.15) is 0 Å². The Hall–Kier alpha value is -2.71. The second-order valence-corrected chi connectivity index (χ2v) is 9.87. The molecule has 8 nitrogen and oxygen atoms in total. The van der Waals surface area contributed by atoms with Crippen molar-refractivity contribution in [3.63, 3.8) is 0 Å². The van der Waals surface area contributed by atoms with Crippen LogP contribution in [0.15, 0.2) is 36.7 Å². The van der Waals surface area contributed by atoms with Gasteiger partial charge in [-0.05, 0) is 38.3 Å². The third kappa shape index (κ3) is 3.75. The lowest BCUT2D eigenvalue weighted by Crippen LogP contribution is -2.67. The number of amides is 2. The van der Waals surface area contributed by atoms with Crippen molar-refractivity contribution >= 4 is 11.8 Å². The predicted molar refractivity (Wildman–Crippen MR) is 124 cm³/mol. The Bertz CT molecular complexity index is 1040. The SMILES string of the molecule is CC(C)N1C(=O)c2ccccc2C(C(=O)NC2COC2)C12CCN(Cc1nccn1C)CC2. The number of hydrogen-bond donors (Lipinski definition) is 1. The number of nitrogens with one attached hydrogen (secondary N) is 1. The molecular formula is C25H33N5O3. The number of likely N-dealkylation sites (tertiary alicyclic amines) is 1. The second-order valence-electron chi connectivity index (χ2n) is 9.87. The van der Waals surface area contributed by atoms with Gasteiger partial charge in [-0.1, -0.05) is 18.2 Å². The van der Waals surface area contributed by atoms with Crippen molar-refractivity contribution in [1.29, 1.82) is 0 Å². The van der Waals surface area contributed by atoms with E-state index in [2.05, 4.69) is 29.0 Å². The Kier molecular flexibility index (Phi) is 5.74. The lowest BCUT2D eigenvalue weighted by atomic mass is 9.66. The highest BCUT2D eigenvalue weighted by atomic mass is 16.5. The highest BCUT2D eigenvalue weighted by Gasteiger charge is 2.56. The molecule has 0 bridgehead atoms. The van der Waals surface area contributed by atoms with Gasteiger partial charge in [0.25, 0.3) is 5.91 Å². The van der Waals surface area contributed by atoms with Gasteiger partial charge in [0.15, 0.2) is 0 Å². The van der Waals surface area contributed by atoms with Gasteiger partial charge in [-0.3, -0.25) is 14.5 Å². The van der Waals surface area contributed by atoms with Crippen molar-refractivity contribution in [2.75, 3.05) is 26.3 Å². The van der Waals surface area contributed by atoms with Crippen LogP contribution in [-0.2, 0) is 23.1 Å². The smallest absolute Gasteiger partial charge is 0.254 e. The zero-order chi connectivity index (χ0) is 23.2. The van der Waals surface area contributed by atoms with E-state index in [1.165, 1.54) is 0 Å². The highest BCUT2D eigenvalue weighted by Crippen LogP contribution is 2.48. The first-order chi connectivity index (χ1) is 15.9. The van der Waals surface area contributed by atoms with Crippen LogP contribution in [0.4, 0.5) is 0 Å². The first-order valence-electron chi connectivity index (χ1n) is 11.9. The zero-order valence-corrected chi connectivity index (χ0v) is 19.7. The van der Waals surface area contributed by atoms with Crippen LogP contribution in [0.5, 0.6) is 0 Å². The predicted octanol–water partition coefficient (Wildman–Crippen LogP) is 1.92. The summed E-state index contributed by atoms with van der Waals surface area (Å²) in [5, 5.41) is 3.20. The quantitative estimate of drug-likeness (QED) is 0.751. The van der Waals surface area contributed by atoms with E-state index in [1.807, 2.05) is 53.2 Å². The van der Waals surface area contributed by atoms with Crippen molar-refractivity contribution in [3.05, 3.63) is 53.6 Å². The minimum Gasteiger partial charge on any atom is -0.377 e. The van der Waals surface area contributed by atoms with Crippen LogP contribution < -0.4 is 5.32 Å². The van der Waals surface area contributed by atoms with Gasteiger partial charge in [0, 0.05) is 44.1 Å². The number of fused-ring (bicyclic) bond motifs is 1. The van der Waals surface area contributed by atoms with Crippen molar-refractivity contribution in [2.45, 2.75) is 56.8 Å². The molecule has 1 aromatic heterocycles. The maximum absolute atomic E-state index is 13.8. The first-order valence-corrected chi connectivity index (χ1v) is 11.9. The highest BCUT2D eigenvalue weighted by molar-refractivity contribution is 6.02. The molecule has 0 saturated carbocycles. The molecule has 8 heteroatoms. The van der Waals surface area contributed by atoms with Gasteiger partial charge >= 0.3 is 0 Å². The summed E-state index contributed by atoms with van der Waals surface area (Å²) in [4.78, 5) is 36.3. The summed E-state index contributed by atoms with van der Waals surface area (Å²) in [6, 6.07) is 7.70. The summed E-state index contributed by atoms with van der Waals surface area (Å²) < 4.78 is 7.33. The molecular weight excluding hydrogens is 418 g/mol. The second kappa shape index (κ2) is 8.57. The lowest BCUT2D eigenvalue weighted by Gasteiger charge is -2.56. The molecule has 1 atom stereocenters. The van der Waals surface area contributed by atoms with E-state index in [9.17, 15) is 9.59 Å². The molecule has 2 amide bonds. The minimum absolute atomic E-state index is 0.00529. The van der Waals surface area contributed by atoms with Gasteiger partial charge in [-0.25, -0.2) is 4.98 Å². The molecule has 2 saturated heterocycles. The summed E-state index contributed by atoms with van der Waals surface area (Å²) in [6.45, 7) is 7.60. The number of ether oxygens (including phenoxy) is 1. The molecule has 3 aliphatic heterocycles. The molecule has 1 N–H and O–H groups in total. The summed E-state index contributed by atoms with van der Waals surface area (Å²) in [5.41, 5.74) is 0.957. The van der Waals surface area contributed by atoms with E-state index in [0.717, 1.165) is 43.9 Å². The van der Waals surface area contributed by atoms with Gasteiger partial charge in [-0.15, -0.1) is 0 Å². The number of imidazole rings is 1. The normalized spacial score (nSPS) is 23.0. The average Bonchev–Trinajstić information content (AvgIpc) is 3.16. The molecule has 0 aliphatic carbocycles. The van der Waals surface area contributed by atoms with Crippen LogP contribution in [-0.4, -0.2) is 75.1 Å². The molecule has 1 aromatic carbocycles. The number of piperidine rings is 1. The van der Waals surface area contributed by atoms with Crippen molar-refractivity contribution < 1.29 is 14.3 Å². The third-order valence-electron chi connectivity index (χ3n) is 7.51. The fourth-order valence-electron chi connectivity index (χ4n) is 5.82. The molecule has 4 heterocycles. The van der Waals surface area contributed by atoms with Crippen LogP contribution in [0.3, 0.4) is 0 Å². The fraction of sp³-hybridized carbons (Fsp3) is 0.560. The Morgan fingerprint density at radius 3 is 2.58 bits per heavy atom. The molecule has 1 spiro atoms. The van der Waals surface area contributed by atoms with Crippen LogP contribution in [0, 0.1) is 0 Å². The van der Waals surface area contributed by atoms with E-state index >= 15 is 0 Å². The topological polar surface area (TPSA) is 79.7 Å². The van der Waals surface area contributed by atoms with Crippen LogP contribution in [0.25, 0.3) is 0 Å². The van der Waals surface area contributed by atoms with Crippen molar-refractivity contribution in [2.24, 2.45) is 7.05 Å². The van der Waals surface area contributed by atoms with Gasteiger partial charge < -0.3 is 19.5 Å². The van der Waals surface area contributed by atoms with Crippen LogP contribution >= 0.6 is 0 Å². The third-order valence-corrected chi connectivity index (χ3v) is 7.51. The molecule has 2 fully saturated rings. The number of aromatic nitrogens is 2. The number of benzene rings is 1. The van der Waals surface area contributed by atoms with E-state index < -0.39 is 11.5 Å². The molecule has 33 heavy (non-hydrogen) atoms. The Morgan fingerprint density at radius 2 is 1.97 bits per heavy atom. The maximum Gasteiger partial charge on any atom is 0.254 e. The zero-order valence-electron chi connectivity index (χ0n) is 19.7. The van der Waals surface area contributed by atoms with Crippen LogP contribution in [0.1, 0.15) is 54.4 Å². The van der Waals surface area contributed by atoms with E-state index in [0.29, 0.717) is 18.8 Å². The standard InChI is InChI=1S/C25H33N5O3/c1-17(2)30-24(32)20-7-5-4-6-19(20)22(23(31)27-18-15-33-16-18)25(30)8-11-29(12-9-25)14-21-26-10-13-28(21)3/h4-7,10,13,17-18,22H,8-9,11-12,14-16H2,1-3H3,(H,27,31). The number of aryl methyl sites for hydroxylation is 1. The average molecular weight is 452 g/mol. The Balaban J connectivity index is 1.49. The Morgan fingerprint density at radius 1 is 1.24 bits per heavy atom. The largest absolute Gasteiger partial charge is 0.377 e. The number of hydrogen-bond acceptors (Lipinski definition) is 5. The van der Waals surface area contributed by atoms with Gasteiger partial charge in [0.05, 0.1) is 37.3 Å². The molecule has 0 radical (unpaired) electrons. The van der Waals surface area contributed by atoms with Gasteiger partial charge in [0.1, 0.15) is 5.82 Å². The number of carbonyl (C=O) groups excluding carboxylic acids is 2. The van der Waals surface area contributed by atoms with Crippen molar-refractivity contribution in [3.8, 4) is 0 Å².